The minimum atomic E-state index is -0.966. The van der Waals surface area contributed by atoms with Gasteiger partial charge in [0.05, 0.1) is 17.2 Å². The Balaban J connectivity index is 2.26. The summed E-state index contributed by atoms with van der Waals surface area (Å²) in [6.45, 7) is 3.21. The van der Waals surface area contributed by atoms with E-state index in [2.05, 4.69) is 5.32 Å². The van der Waals surface area contributed by atoms with E-state index in [0.29, 0.717) is 17.0 Å². The molecule has 0 aliphatic carbocycles. The second-order valence-electron chi connectivity index (χ2n) is 5.36. The Labute approximate surface area is 127 Å². The van der Waals surface area contributed by atoms with E-state index in [1.807, 2.05) is 0 Å². The largest absolute Gasteiger partial charge is 0.481 e. The smallest absolute Gasteiger partial charge is 0.308 e. The van der Waals surface area contributed by atoms with Crippen LogP contribution in [0.5, 0.6) is 5.75 Å². The van der Waals surface area contributed by atoms with Gasteiger partial charge in [0, 0.05) is 13.6 Å². The van der Waals surface area contributed by atoms with Crippen molar-refractivity contribution in [3.63, 3.8) is 0 Å². The van der Waals surface area contributed by atoms with Crippen molar-refractivity contribution in [2.75, 3.05) is 18.9 Å². The molecule has 2 rings (SSSR count). The number of nitrogens with one attached hydrogen (secondary N) is 1. The predicted octanol–water partition coefficient (Wildman–Crippen LogP) is 1.20. The van der Waals surface area contributed by atoms with Crippen LogP contribution in [0.4, 0.5) is 5.69 Å². The van der Waals surface area contributed by atoms with Gasteiger partial charge in [-0.2, -0.15) is 0 Å². The molecule has 0 aromatic heterocycles. The van der Waals surface area contributed by atoms with Crippen LogP contribution in [0.25, 0.3) is 0 Å². The summed E-state index contributed by atoms with van der Waals surface area (Å²) in [5.41, 5.74) is 0.734. The van der Waals surface area contributed by atoms with Gasteiger partial charge < -0.3 is 20.1 Å². The first kappa shape index (κ1) is 15.8. The van der Waals surface area contributed by atoms with Crippen molar-refractivity contribution in [3.05, 3.63) is 23.8 Å². The van der Waals surface area contributed by atoms with Gasteiger partial charge >= 0.3 is 5.97 Å². The molecule has 0 spiro atoms. The number of fused-ring (bicyclic) bond motifs is 1. The van der Waals surface area contributed by atoms with E-state index in [1.54, 1.807) is 25.1 Å². The van der Waals surface area contributed by atoms with E-state index in [9.17, 15) is 14.4 Å². The van der Waals surface area contributed by atoms with Crippen LogP contribution >= 0.6 is 0 Å². The van der Waals surface area contributed by atoms with Crippen molar-refractivity contribution < 1.29 is 24.2 Å². The second-order valence-corrected chi connectivity index (χ2v) is 5.36. The molecule has 1 aliphatic rings. The summed E-state index contributed by atoms with van der Waals surface area (Å²) >= 11 is 0. The predicted molar refractivity (Wildman–Crippen MR) is 78.9 cm³/mol. The van der Waals surface area contributed by atoms with Crippen LogP contribution in [0.2, 0.25) is 0 Å². The lowest BCUT2D eigenvalue weighted by molar-refractivity contribution is -0.141. The van der Waals surface area contributed by atoms with Crippen molar-refractivity contribution in [1.29, 1.82) is 0 Å². The van der Waals surface area contributed by atoms with E-state index in [4.69, 9.17) is 9.84 Å². The molecule has 7 heteroatoms. The summed E-state index contributed by atoms with van der Waals surface area (Å²) in [5.74, 6) is -1.95. The maximum atomic E-state index is 12.5. The number of aliphatic carboxylic acids is 1. The number of para-hydroxylation sites is 1. The Morgan fingerprint density at radius 2 is 2.14 bits per heavy atom. The van der Waals surface area contributed by atoms with Crippen molar-refractivity contribution in [2.24, 2.45) is 5.92 Å². The lowest BCUT2D eigenvalue weighted by Crippen LogP contribution is -2.37. The third-order valence-corrected chi connectivity index (χ3v) is 3.48. The third kappa shape index (κ3) is 3.03. The number of carboxylic acids is 1. The number of nitrogens with zero attached hydrogens (tertiary/aromatic N) is 1. The van der Waals surface area contributed by atoms with Gasteiger partial charge in [0.1, 0.15) is 0 Å². The zero-order chi connectivity index (χ0) is 16.4. The molecule has 22 heavy (non-hydrogen) atoms. The molecule has 0 saturated carbocycles. The minimum absolute atomic E-state index is 0.0831. The van der Waals surface area contributed by atoms with Crippen LogP contribution < -0.4 is 10.1 Å². The highest BCUT2D eigenvalue weighted by molar-refractivity contribution is 6.04. The Kier molecular flexibility index (Phi) is 4.35. The molecule has 7 nitrogen and oxygen atoms in total. The van der Waals surface area contributed by atoms with E-state index in [1.165, 1.54) is 18.9 Å². The summed E-state index contributed by atoms with van der Waals surface area (Å²) in [6.07, 6.45) is -0.690. The van der Waals surface area contributed by atoms with Crippen LogP contribution in [-0.2, 0) is 9.59 Å². The SMILES string of the molecule is CC(CN(C)C(=O)c1cccc2c1OC(C)C(=O)N2)C(=O)O. The van der Waals surface area contributed by atoms with Crippen LogP contribution in [0.1, 0.15) is 24.2 Å². The highest BCUT2D eigenvalue weighted by Gasteiger charge is 2.29. The molecule has 1 aromatic carbocycles. The number of hydrogen-bond donors (Lipinski definition) is 2. The third-order valence-electron chi connectivity index (χ3n) is 3.48. The number of ether oxygens (including phenoxy) is 1. The number of carboxylic acid groups (broad SMARTS) is 1. The lowest BCUT2D eigenvalue weighted by Gasteiger charge is -2.27. The maximum Gasteiger partial charge on any atom is 0.308 e. The molecule has 2 atom stereocenters. The fraction of sp³-hybridized carbons (Fsp3) is 0.400. The van der Waals surface area contributed by atoms with Crippen LogP contribution in [-0.4, -0.2) is 47.5 Å². The fourth-order valence-electron chi connectivity index (χ4n) is 2.17. The highest BCUT2D eigenvalue weighted by atomic mass is 16.5. The van der Waals surface area contributed by atoms with E-state index < -0.39 is 18.0 Å². The molecule has 2 amide bonds. The molecular weight excluding hydrogens is 288 g/mol. The molecule has 1 heterocycles. The Morgan fingerprint density at radius 3 is 2.77 bits per heavy atom. The maximum absolute atomic E-state index is 12.5. The van der Waals surface area contributed by atoms with Gasteiger partial charge in [-0.05, 0) is 19.1 Å². The average molecular weight is 306 g/mol. The van der Waals surface area contributed by atoms with Crippen LogP contribution in [0.15, 0.2) is 18.2 Å². The molecule has 2 N–H and O–H groups in total. The number of amides is 2. The summed E-state index contributed by atoms with van der Waals surface area (Å²) in [5, 5.41) is 11.6. The molecule has 1 aromatic rings. The van der Waals surface area contributed by atoms with Gasteiger partial charge in [0.15, 0.2) is 11.9 Å². The molecule has 1 aliphatic heterocycles. The first-order valence-corrected chi connectivity index (χ1v) is 6.90. The van der Waals surface area contributed by atoms with Gasteiger partial charge in [0.2, 0.25) is 0 Å². The summed E-state index contributed by atoms with van der Waals surface area (Å²) < 4.78 is 5.52. The molecule has 0 radical (unpaired) electrons. The zero-order valence-corrected chi connectivity index (χ0v) is 12.6. The first-order valence-electron chi connectivity index (χ1n) is 6.90. The number of rotatable bonds is 4. The van der Waals surface area contributed by atoms with Crippen molar-refractivity contribution >= 4 is 23.5 Å². The van der Waals surface area contributed by atoms with Gasteiger partial charge in [-0.15, -0.1) is 0 Å². The Morgan fingerprint density at radius 1 is 1.45 bits per heavy atom. The van der Waals surface area contributed by atoms with Crippen LogP contribution in [0.3, 0.4) is 0 Å². The summed E-state index contributed by atoms with van der Waals surface area (Å²) in [6, 6.07) is 4.88. The fourth-order valence-corrected chi connectivity index (χ4v) is 2.17. The number of carbonyl (C=O) groups is 3. The van der Waals surface area contributed by atoms with Crippen molar-refractivity contribution in [2.45, 2.75) is 20.0 Å². The van der Waals surface area contributed by atoms with E-state index in [-0.39, 0.29) is 18.4 Å². The molecule has 0 bridgehead atoms. The Bertz CT molecular complexity index is 628. The molecule has 0 fully saturated rings. The highest BCUT2D eigenvalue weighted by Crippen LogP contribution is 2.33. The quantitative estimate of drug-likeness (QED) is 0.871. The lowest BCUT2D eigenvalue weighted by atomic mass is 10.1. The summed E-state index contributed by atoms with van der Waals surface area (Å²) in [7, 11) is 1.53. The Hall–Kier alpha value is -2.57. The second kappa shape index (κ2) is 6.05. The topological polar surface area (TPSA) is 95.9 Å². The number of hydrogen-bond acceptors (Lipinski definition) is 4. The normalized spacial score (nSPS) is 17.8. The van der Waals surface area contributed by atoms with E-state index in [0.717, 1.165) is 0 Å². The molecular formula is C15H18N2O5. The van der Waals surface area contributed by atoms with Gasteiger partial charge in [-0.3, -0.25) is 14.4 Å². The average Bonchev–Trinajstić information content (AvgIpc) is 2.46. The van der Waals surface area contributed by atoms with Crippen molar-refractivity contribution in [3.8, 4) is 5.75 Å². The molecule has 2 unspecified atom stereocenters. The van der Waals surface area contributed by atoms with Gasteiger partial charge in [0.25, 0.3) is 11.8 Å². The van der Waals surface area contributed by atoms with Gasteiger partial charge in [-0.1, -0.05) is 13.0 Å². The standard InChI is InChI=1S/C15H18N2O5/c1-8(15(20)21)7-17(3)14(19)10-5-4-6-11-12(10)22-9(2)13(18)16-11/h4-6,8-9H,7H2,1-3H3,(H,16,18)(H,20,21). The number of anilines is 1. The number of benzene rings is 1. The monoisotopic (exact) mass is 306 g/mol. The summed E-state index contributed by atoms with van der Waals surface area (Å²) in [4.78, 5) is 36.3. The first-order chi connectivity index (χ1) is 10.3. The van der Waals surface area contributed by atoms with Gasteiger partial charge in [-0.25, -0.2) is 0 Å². The van der Waals surface area contributed by atoms with E-state index >= 15 is 0 Å². The molecule has 118 valence electrons. The number of carbonyl (C=O) groups excluding carboxylic acids is 2. The van der Waals surface area contributed by atoms with Crippen molar-refractivity contribution in [1.82, 2.24) is 4.90 Å². The van der Waals surface area contributed by atoms with Crippen LogP contribution in [0, 0.1) is 5.92 Å². The molecule has 0 saturated heterocycles. The zero-order valence-electron chi connectivity index (χ0n) is 12.6. The minimum Gasteiger partial charge on any atom is -0.481 e.